The molecule has 4 unspecified atom stereocenters. The van der Waals surface area contributed by atoms with Crippen LogP contribution in [0.15, 0.2) is 0 Å². The lowest BCUT2D eigenvalue weighted by Gasteiger charge is -2.43. The van der Waals surface area contributed by atoms with Crippen molar-refractivity contribution in [3.63, 3.8) is 0 Å². The fourth-order valence-corrected chi connectivity index (χ4v) is 3.58. The molecule has 6 heteroatoms. The van der Waals surface area contributed by atoms with E-state index in [0.717, 1.165) is 6.42 Å². The Morgan fingerprint density at radius 1 is 1.10 bits per heavy atom. The van der Waals surface area contributed by atoms with Crippen LogP contribution in [0.1, 0.15) is 39.5 Å². The highest BCUT2D eigenvalue weighted by atomic mass is 19.4. The lowest BCUT2D eigenvalue weighted by Crippen LogP contribution is -2.59. The van der Waals surface area contributed by atoms with Gasteiger partial charge >= 0.3 is 6.18 Å². The second kappa shape index (κ2) is 5.92. The van der Waals surface area contributed by atoms with Gasteiger partial charge in [0.25, 0.3) is 0 Å². The molecular formula is C14H23F3N2O. The summed E-state index contributed by atoms with van der Waals surface area (Å²) in [5, 5.41) is 3.20. The van der Waals surface area contributed by atoms with E-state index < -0.39 is 18.0 Å². The zero-order valence-electron chi connectivity index (χ0n) is 12.0. The summed E-state index contributed by atoms with van der Waals surface area (Å²) in [6.45, 7) is 5.09. The molecule has 3 nitrogen and oxygen atoms in total. The Bertz CT molecular complexity index is 349. The van der Waals surface area contributed by atoms with Crippen molar-refractivity contribution in [2.75, 3.05) is 13.1 Å². The van der Waals surface area contributed by atoms with E-state index in [1.165, 1.54) is 0 Å². The highest BCUT2D eigenvalue weighted by Crippen LogP contribution is 2.42. The third kappa shape index (κ3) is 3.10. The molecular weight excluding hydrogens is 269 g/mol. The first-order valence-corrected chi connectivity index (χ1v) is 7.42. The number of hydrogen-bond acceptors (Lipinski definition) is 2. The Balaban J connectivity index is 2.16. The third-order valence-electron chi connectivity index (χ3n) is 4.59. The number of alkyl halides is 3. The molecule has 2 fully saturated rings. The molecule has 1 saturated heterocycles. The van der Waals surface area contributed by atoms with E-state index >= 15 is 0 Å². The van der Waals surface area contributed by atoms with Crippen molar-refractivity contribution in [3.05, 3.63) is 0 Å². The maximum atomic E-state index is 13.1. The van der Waals surface area contributed by atoms with Gasteiger partial charge in [-0.2, -0.15) is 13.2 Å². The van der Waals surface area contributed by atoms with E-state index in [1.807, 2.05) is 13.8 Å². The molecule has 0 aromatic heterocycles. The van der Waals surface area contributed by atoms with Crippen LogP contribution >= 0.6 is 0 Å². The summed E-state index contributed by atoms with van der Waals surface area (Å²) in [7, 11) is 0. The summed E-state index contributed by atoms with van der Waals surface area (Å²) < 4.78 is 39.4. The van der Waals surface area contributed by atoms with Gasteiger partial charge in [0.2, 0.25) is 5.91 Å². The summed E-state index contributed by atoms with van der Waals surface area (Å²) in [6, 6.07) is -0.0795. The van der Waals surface area contributed by atoms with Gasteiger partial charge in [-0.05, 0) is 26.7 Å². The summed E-state index contributed by atoms with van der Waals surface area (Å²) in [5.74, 6) is -2.64. The number of rotatable bonds is 1. The van der Waals surface area contributed by atoms with Crippen LogP contribution in [-0.2, 0) is 4.79 Å². The normalized spacial score (nSPS) is 36.0. The topological polar surface area (TPSA) is 32.3 Å². The molecule has 1 N–H and O–H groups in total. The Hall–Kier alpha value is -0.780. The van der Waals surface area contributed by atoms with Crippen molar-refractivity contribution in [3.8, 4) is 0 Å². The molecule has 0 radical (unpaired) electrons. The predicted octanol–water partition coefficient (Wildman–Crippen LogP) is 2.56. The summed E-state index contributed by atoms with van der Waals surface area (Å²) >= 11 is 0. The van der Waals surface area contributed by atoms with Gasteiger partial charge in [0.15, 0.2) is 0 Å². The first kappa shape index (κ1) is 15.6. The Morgan fingerprint density at radius 3 is 2.20 bits per heavy atom. The highest BCUT2D eigenvalue weighted by molar-refractivity contribution is 5.80. The van der Waals surface area contributed by atoms with Crippen molar-refractivity contribution in [1.29, 1.82) is 0 Å². The Morgan fingerprint density at radius 2 is 1.65 bits per heavy atom. The number of carbonyl (C=O) groups is 1. The largest absolute Gasteiger partial charge is 0.392 e. The minimum Gasteiger partial charge on any atom is -0.334 e. The lowest BCUT2D eigenvalue weighted by molar-refractivity contribution is -0.202. The van der Waals surface area contributed by atoms with Crippen LogP contribution < -0.4 is 5.32 Å². The zero-order valence-corrected chi connectivity index (χ0v) is 12.0. The maximum Gasteiger partial charge on any atom is 0.392 e. The van der Waals surface area contributed by atoms with Gasteiger partial charge in [0.05, 0.1) is 5.92 Å². The first-order chi connectivity index (χ1) is 9.32. The van der Waals surface area contributed by atoms with Crippen LogP contribution in [0.2, 0.25) is 0 Å². The SMILES string of the molecule is CC1CNCC(C)N1C(=O)C1CCCCC1C(F)(F)F. The predicted molar refractivity (Wildman–Crippen MR) is 70.1 cm³/mol. The van der Waals surface area contributed by atoms with Crippen molar-refractivity contribution < 1.29 is 18.0 Å². The van der Waals surface area contributed by atoms with Crippen LogP contribution in [0.5, 0.6) is 0 Å². The van der Waals surface area contributed by atoms with Crippen LogP contribution in [0.3, 0.4) is 0 Å². The molecule has 1 aliphatic heterocycles. The molecule has 2 rings (SSSR count). The van der Waals surface area contributed by atoms with E-state index in [-0.39, 0.29) is 24.4 Å². The smallest absolute Gasteiger partial charge is 0.334 e. The van der Waals surface area contributed by atoms with Crippen LogP contribution in [-0.4, -0.2) is 42.2 Å². The maximum absolute atomic E-state index is 13.1. The molecule has 1 aliphatic carbocycles. The van der Waals surface area contributed by atoms with E-state index in [2.05, 4.69) is 5.32 Å². The molecule has 2 aliphatic rings. The number of nitrogens with zero attached hydrogens (tertiary/aromatic N) is 1. The van der Waals surface area contributed by atoms with E-state index in [4.69, 9.17) is 0 Å². The number of halogens is 3. The lowest BCUT2D eigenvalue weighted by atomic mass is 9.77. The van der Waals surface area contributed by atoms with Crippen LogP contribution in [0.25, 0.3) is 0 Å². The Labute approximate surface area is 117 Å². The monoisotopic (exact) mass is 292 g/mol. The molecule has 4 atom stereocenters. The van der Waals surface area contributed by atoms with E-state index in [0.29, 0.717) is 25.9 Å². The van der Waals surface area contributed by atoms with Gasteiger partial charge in [-0.25, -0.2) is 0 Å². The minimum atomic E-state index is -4.26. The number of amides is 1. The Kier molecular flexibility index (Phi) is 4.62. The third-order valence-corrected chi connectivity index (χ3v) is 4.59. The van der Waals surface area contributed by atoms with E-state index in [9.17, 15) is 18.0 Å². The van der Waals surface area contributed by atoms with Gasteiger partial charge in [0.1, 0.15) is 0 Å². The standard InChI is InChI=1S/C14H23F3N2O/c1-9-7-18-8-10(2)19(9)13(20)11-5-3-4-6-12(11)14(15,16)17/h9-12,18H,3-8H2,1-2H3. The number of nitrogens with one attached hydrogen (secondary N) is 1. The fourth-order valence-electron chi connectivity index (χ4n) is 3.58. The van der Waals surface area contributed by atoms with Crippen LogP contribution in [0.4, 0.5) is 13.2 Å². The molecule has 0 spiro atoms. The van der Waals surface area contributed by atoms with Gasteiger partial charge in [-0.3, -0.25) is 4.79 Å². The van der Waals surface area contributed by atoms with Crippen molar-refractivity contribution in [2.45, 2.75) is 57.8 Å². The highest BCUT2D eigenvalue weighted by Gasteiger charge is 2.49. The first-order valence-electron chi connectivity index (χ1n) is 7.42. The molecule has 116 valence electrons. The van der Waals surface area contributed by atoms with Crippen molar-refractivity contribution >= 4 is 5.91 Å². The van der Waals surface area contributed by atoms with Crippen molar-refractivity contribution in [1.82, 2.24) is 10.2 Å². The van der Waals surface area contributed by atoms with E-state index in [1.54, 1.807) is 4.90 Å². The van der Waals surface area contributed by atoms with Gasteiger partial charge < -0.3 is 10.2 Å². The summed E-state index contributed by atoms with van der Waals surface area (Å²) in [6.07, 6.45) is -2.51. The number of hydrogen-bond donors (Lipinski definition) is 1. The van der Waals surface area contributed by atoms with Crippen LogP contribution in [0, 0.1) is 11.8 Å². The average molecular weight is 292 g/mol. The fraction of sp³-hybridized carbons (Fsp3) is 0.929. The molecule has 1 heterocycles. The second-order valence-electron chi connectivity index (χ2n) is 6.14. The molecule has 0 bridgehead atoms. The number of piperazine rings is 1. The zero-order chi connectivity index (χ0) is 14.9. The molecule has 1 amide bonds. The van der Waals surface area contributed by atoms with Gasteiger partial charge in [-0.1, -0.05) is 12.8 Å². The molecule has 20 heavy (non-hydrogen) atoms. The molecule has 1 saturated carbocycles. The quantitative estimate of drug-likeness (QED) is 0.805. The molecule has 0 aromatic rings. The molecule has 0 aromatic carbocycles. The second-order valence-corrected chi connectivity index (χ2v) is 6.14. The average Bonchev–Trinajstić information content (AvgIpc) is 2.37. The minimum absolute atomic E-state index is 0.0398. The number of carbonyl (C=O) groups excluding carboxylic acids is 1. The van der Waals surface area contributed by atoms with Gasteiger partial charge in [0, 0.05) is 31.1 Å². The van der Waals surface area contributed by atoms with Gasteiger partial charge in [-0.15, -0.1) is 0 Å². The van der Waals surface area contributed by atoms with Crippen molar-refractivity contribution in [2.24, 2.45) is 11.8 Å². The summed E-state index contributed by atoms with van der Waals surface area (Å²) in [5.41, 5.74) is 0. The summed E-state index contributed by atoms with van der Waals surface area (Å²) in [4.78, 5) is 14.3.